The van der Waals surface area contributed by atoms with E-state index < -0.39 is 11.6 Å². The molecule has 0 spiro atoms. The SMILES string of the molecule is Cc1cc(N)cnc1Nc1ccc(F)c(F)c1. The molecular weight excluding hydrogens is 224 g/mol. The Bertz CT molecular complexity index is 555. The summed E-state index contributed by atoms with van der Waals surface area (Å²) < 4.78 is 25.7. The molecule has 0 amide bonds. The lowest BCUT2D eigenvalue weighted by atomic mass is 10.2. The van der Waals surface area contributed by atoms with Crippen LogP contribution in [0, 0.1) is 18.6 Å². The van der Waals surface area contributed by atoms with Gasteiger partial charge in [0.15, 0.2) is 11.6 Å². The summed E-state index contributed by atoms with van der Waals surface area (Å²) in [6.07, 6.45) is 1.50. The average Bonchev–Trinajstić information content (AvgIpc) is 2.27. The van der Waals surface area contributed by atoms with Gasteiger partial charge in [0.25, 0.3) is 0 Å². The highest BCUT2D eigenvalue weighted by Gasteiger charge is 2.05. The minimum absolute atomic E-state index is 0.435. The zero-order valence-corrected chi connectivity index (χ0v) is 9.17. The van der Waals surface area contributed by atoms with Crippen LogP contribution < -0.4 is 11.1 Å². The highest BCUT2D eigenvalue weighted by atomic mass is 19.2. The maximum atomic E-state index is 13.0. The number of pyridine rings is 1. The quantitative estimate of drug-likeness (QED) is 0.841. The first-order valence-corrected chi connectivity index (χ1v) is 5.00. The molecule has 0 atom stereocenters. The summed E-state index contributed by atoms with van der Waals surface area (Å²) >= 11 is 0. The number of nitrogens with one attached hydrogen (secondary N) is 1. The number of hydrogen-bond acceptors (Lipinski definition) is 3. The molecule has 0 unspecified atom stereocenters. The van der Waals surface area contributed by atoms with E-state index in [1.807, 2.05) is 6.92 Å². The maximum absolute atomic E-state index is 13.0. The van der Waals surface area contributed by atoms with E-state index in [0.717, 1.165) is 17.7 Å². The van der Waals surface area contributed by atoms with Crippen LogP contribution in [0.15, 0.2) is 30.5 Å². The summed E-state index contributed by atoms with van der Waals surface area (Å²) in [5.41, 5.74) is 7.38. The maximum Gasteiger partial charge on any atom is 0.160 e. The largest absolute Gasteiger partial charge is 0.397 e. The fraction of sp³-hybridized carbons (Fsp3) is 0.0833. The molecule has 0 aliphatic carbocycles. The Hall–Kier alpha value is -2.17. The van der Waals surface area contributed by atoms with E-state index in [1.165, 1.54) is 12.3 Å². The molecular formula is C12H11F2N3. The van der Waals surface area contributed by atoms with Crippen molar-refractivity contribution in [1.82, 2.24) is 4.98 Å². The molecule has 88 valence electrons. The minimum atomic E-state index is -0.900. The highest BCUT2D eigenvalue weighted by Crippen LogP contribution is 2.21. The van der Waals surface area contributed by atoms with Gasteiger partial charge in [-0.05, 0) is 30.7 Å². The Morgan fingerprint density at radius 2 is 1.94 bits per heavy atom. The van der Waals surface area contributed by atoms with E-state index in [4.69, 9.17) is 5.73 Å². The molecule has 0 radical (unpaired) electrons. The highest BCUT2D eigenvalue weighted by molar-refractivity contribution is 5.61. The van der Waals surface area contributed by atoms with Crippen LogP contribution in [0.1, 0.15) is 5.56 Å². The first-order chi connectivity index (χ1) is 8.06. The molecule has 2 rings (SSSR count). The van der Waals surface area contributed by atoms with Crippen molar-refractivity contribution in [3.8, 4) is 0 Å². The van der Waals surface area contributed by atoms with Gasteiger partial charge in [-0.15, -0.1) is 0 Å². The molecule has 0 aliphatic rings. The van der Waals surface area contributed by atoms with E-state index in [9.17, 15) is 8.78 Å². The van der Waals surface area contributed by atoms with E-state index in [0.29, 0.717) is 17.2 Å². The lowest BCUT2D eigenvalue weighted by Gasteiger charge is -2.09. The van der Waals surface area contributed by atoms with Gasteiger partial charge in [-0.2, -0.15) is 0 Å². The Kier molecular flexibility index (Phi) is 2.91. The number of aromatic nitrogens is 1. The molecule has 0 bridgehead atoms. The molecule has 1 aromatic carbocycles. The number of aryl methyl sites for hydroxylation is 1. The van der Waals surface area contributed by atoms with Crippen LogP contribution in [0.3, 0.4) is 0 Å². The van der Waals surface area contributed by atoms with E-state index in [1.54, 1.807) is 6.07 Å². The molecule has 0 saturated heterocycles. The van der Waals surface area contributed by atoms with Crippen molar-refractivity contribution in [3.63, 3.8) is 0 Å². The van der Waals surface area contributed by atoms with Gasteiger partial charge in [0.05, 0.1) is 11.9 Å². The fourth-order valence-corrected chi connectivity index (χ4v) is 1.44. The Labute approximate surface area is 97.3 Å². The van der Waals surface area contributed by atoms with Gasteiger partial charge in [0.1, 0.15) is 5.82 Å². The van der Waals surface area contributed by atoms with Gasteiger partial charge >= 0.3 is 0 Å². The second-order valence-corrected chi connectivity index (χ2v) is 3.69. The first kappa shape index (κ1) is 11.3. The molecule has 3 N–H and O–H groups in total. The Balaban J connectivity index is 2.28. The molecule has 1 aromatic heterocycles. The van der Waals surface area contributed by atoms with Crippen LogP contribution >= 0.6 is 0 Å². The molecule has 0 saturated carbocycles. The number of halogens is 2. The van der Waals surface area contributed by atoms with Crippen molar-refractivity contribution >= 4 is 17.2 Å². The number of rotatable bonds is 2. The number of nitrogen functional groups attached to an aromatic ring is 1. The van der Waals surface area contributed by atoms with Gasteiger partial charge < -0.3 is 11.1 Å². The third-order valence-corrected chi connectivity index (χ3v) is 2.28. The smallest absolute Gasteiger partial charge is 0.160 e. The lowest BCUT2D eigenvalue weighted by Crippen LogP contribution is -1.99. The van der Waals surface area contributed by atoms with Gasteiger partial charge in [-0.25, -0.2) is 13.8 Å². The first-order valence-electron chi connectivity index (χ1n) is 5.00. The van der Waals surface area contributed by atoms with E-state index in [-0.39, 0.29) is 0 Å². The summed E-state index contributed by atoms with van der Waals surface area (Å²) in [6, 6.07) is 5.32. The predicted octanol–water partition coefficient (Wildman–Crippen LogP) is 2.99. The Morgan fingerprint density at radius 1 is 1.18 bits per heavy atom. The van der Waals surface area contributed by atoms with E-state index in [2.05, 4.69) is 10.3 Å². The normalized spacial score (nSPS) is 10.3. The molecule has 3 nitrogen and oxygen atoms in total. The molecule has 0 fully saturated rings. The summed E-state index contributed by atoms with van der Waals surface area (Å²) in [5.74, 6) is -1.22. The topological polar surface area (TPSA) is 50.9 Å². The third-order valence-electron chi connectivity index (χ3n) is 2.28. The second-order valence-electron chi connectivity index (χ2n) is 3.69. The third kappa shape index (κ3) is 2.50. The van der Waals surface area contributed by atoms with Crippen LogP contribution in [0.4, 0.5) is 26.0 Å². The van der Waals surface area contributed by atoms with E-state index >= 15 is 0 Å². The molecule has 1 heterocycles. The van der Waals surface area contributed by atoms with Crippen molar-refractivity contribution in [1.29, 1.82) is 0 Å². The Morgan fingerprint density at radius 3 is 2.59 bits per heavy atom. The van der Waals surface area contributed by atoms with Crippen LogP contribution in [-0.4, -0.2) is 4.98 Å². The van der Waals surface area contributed by atoms with Crippen LogP contribution in [0.2, 0.25) is 0 Å². The van der Waals surface area contributed by atoms with Crippen LogP contribution in [0.5, 0.6) is 0 Å². The number of anilines is 3. The summed E-state index contributed by atoms with van der Waals surface area (Å²) in [5, 5.41) is 2.89. The number of nitrogens with two attached hydrogens (primary N) is 1. The molecule has 0 aliphatic heterocycles. The zero-order chi connectivity index (χ0) is 12.4. The average molecular weight is 235 g/mol. The van der Waals surface area contributed by atoms with Gasteiger partial charge in [-0.3, -0.25) is 0 Å². The summed E-state index contributed by atoms with van der Waals surface area (Å²) in [6.45, 7) is 1.82. The number of hydrogen-bond donors (Lipinski definition) is 2. The monoisotopic (exact) mass is 235 g/mol. The van der Waals surface area contributed by atoms with Crippen molar-refractivity contribution in [2.24, 2.45) is 0 Å². The molecule has 5 heteroatoms. The van der Waals surface area contributed by atoms with Crippen molar-refractivity contribution < 1.29 is 8.78 Å². The van der Waals surface area contributed by atoms with Crippen molar-refractivity contribution in [2.45, 2.75) is 6.92 Å². The van der Waals surface area contributed by atoms with Gasteiger partial charge in [0.2, 0.25) is 0 Å². The number of benzene rings is 1. The lowest BCUT2D eigenvalue weighted by molar-refractivity contribution is 0.509. The zero-order valence-electron chi connectivity index (χ0n) is 9.17. The second kappa shape index (κ2) is 4.37. The van der Waals surface area contributed by atoms with Crippen molar-refractivity contribution in [3.05, 3.63) is 47.7 Å². The fourth-order valence-electron chi connectivity index (χ4n) is 1.44. The molecule has 2 aromatic rings. The predicted molar refractivity (Wildman–Crippen MR) is 63.0 cm³/mol. The van der Waals surface area contributed by atoms with Crippen LogP contribution in [0.25, 0.3) is 0 Å². The van der Waals surface area contributed by atoms with Gasteiger partial charge in [0, 0.05) is 11.8 Å². The molecule has 17 heavy (non-hydrogen) atoms. The summed E-state index contributed by atoms with van der Waals surface area (Å²) in [4.78, 5) is 4.07. The summed E-state index contributed by atoms with van der Waals surface area (Å²) in [7, 11) is 0. The van der Waals surface area contributed by atoms with Crippen molar-refractivity contribution in [2.75, 3.05) is 11.1 Å². The number of nitrogens with zero attached hydrogens (tertiary/aromatic N) is 1. The minimum Gasteiger partial charge on any atom is -0.397 e. The standard InChI is InChI=1S/C12H11F2N3/c1-7-4-8(15)6-16-12(7)17-9-2-3-10(13)11(14)5-9/h2-6H,15H2,1H3,(H,16,17). The van der Waals surface area contributed by atoms with Crippen LogP contribution in [-0.2, 0) is 0 Å². The van der Waals surface area contributed by atoms with Gasteiger partial charge in [-0.1, -0.05) is 0 Å².